The predicted molar refractivity (Wildman–Crippen MR) is 54.5 cm³/mol. The van der Waals surface area contributed by atoms with Gasteiger partial charge in [-0.25, -0.2) is 4.79 Å². The summed E-state index contributed by atoms with van der Waals surface area (Å²) in [6.07, 6.45) is 0. The van der Waals surface area contributed by atoms with Gasteiger partial charge < -0.3 is 10.1 Å². The van der Waals surface area contributed by atoms with E-state index < -0.39 is 0 Å². The zero-order valence-electron chi connectivity index (χ0n) is 8.78. The van der Waals surface area contributed by atoms with Gasteiger partial charge in [-0.2, -0.15) is 0 Å². The fourth-order valence-electron chi connectivity index (χ4n) is 1.30. The molecule has 76 valence electrons. The first kappa shape index (κ1) is 10.7. The lowest BCUT2D eigenvalue weighted by Crippen LogP contribution is -2.83. The number of esters is 1. The minimum atomic E-state index is -0.280. The van der Waals surface area contributed by atoms with Crippen LogP contribution in [0.15, 0.2) is 24.3 Å². The summed E-state index contributed by atoms with van der Waals surface area (Å²) in [6.45, 7) is 4.15. The number of ether oxygens (including phenoxy) is 1. The largest absolute Gasteiger partial charge is 0.465 e. The number of benzene rings is 1. The average Bonchev–Trinajstić information content (AvgIpc) is 2.16. The van der Waals surface area contributed by atoms with Crippen molar-refractivity contribution in [1.82, 2.24) is 0 Å². The van der Waals surface area contributed by atoms with Gasteiger partial charge in [0.1, 0.15) is 11.3 Å². The number of methoxy groups -OCH3 is 1. The molecule has 1 rings (SSSR count). The topological polar surface area (TPSA) is 42.9 Å². The Labute approximate surface area is 84.1 Å². The zero-order valence-corrected chi connectivity index (χ0v) is 8.78. The standard InChI is InChI=1S/C11H15NO2/c1-8(2)12-10-7-5-4-6-9(10)11(13)14-3/h4-8,12H,1-3H3/p+1. The van der Waals surface area contributed by atoms with Crippen LogP contribution in [-0.2, 0) is 4.74 Å². The number of nitrogens with two attached hydrogens (primary N) is 1. The molecule has 0 aliphatic heterocycles. The Balaban J connectivity index is 2.97. The van der Waals surface area contributed by atoms with Crippen molar-refractivity contribution in [3.05, 3.63) is 29.8 Å². The lowest BCUT2D eigenvalue weighted by atomic mass is 10.1. The molecule has 14 heavy (non-hydrogen) atoms. The summed E-state index contributed by atoms with van der Waals surface area (Å²) in [6, 6.07) is 7.87. The minimum Gasteiger partial charge on any atom is -0.465 e. The lowest BCUT2D eigenvalue weighted by Gasteiger charge is -2.07. The molecule has 3 heteroatoms. The summed E-state index contributed by atoms with van der Waals surface area (Å²) in [5, 5.41) is 2.05. The highest BCUT2D eigenvalue weighted by Gasteiger charge is 2.14. The third-order valence-corrected chi connectivity index (χ3v) is 1.88. The summed E-state index contributed by atoms with van der Waals surface area (Å²) >= 11 is 0. The molecule has 0 saturated carbocycles. The molecule has 0 amide bonds. The van der Waals surface area contributed by atoms with Crippen LogP contribution in [-0.4, -0.2) is 19.1 Å². The molecule has 2 N–H and O–H groups in total. The Morgan fingerprint density at radius 1 is 1.36 bits per heavy atom. The van der Waals surface area contributed by atoms with E-state index in [1.807, 2.05) is 23.5 Å². The highest BCUT2D eigenvalue weighted by atomic mass is 16.5. The first-order valence-electron chi connectivity index (χ1n) is 4.67. The highest BCUT2D eigenvalue weighted by Crippen LogP contribution is 2.10. The van der Waals surface area contributed by atoms with Crippen molar-refractivity contribution in [3.8, 4) is 0 Å². The quantitative estimate of drug-likeness (QED) is 0.578. The van der Waals surface area contributed by atoms with Crippen LogP contribution in [0, 0.1) is 0 Å². The fourth-order valence-corrected chi connectivity index (χ4v) is 1.30. The monoisotopic (exact) mass is 194 g/mol. The van der Waals surface area contributed by atoms with Gasteiger partial charge in [0.15, 0.2) is 0 Å². The molecule has 0 saturated heterocycles. The zero-order chi connectivity index (χ0) is 10.6. The number of para-hydroxylation sites is 1. The van der Waals surface area contributed by atoms with Gasteiger partial charge in [-0.1, -0.05) is 12.1 Å². The van der Waals surface area contributed by atoms with E-state index in [-0.39, 0.29) is 5.97 Å². The fraction of sp³-hybridized carbons (Fsp3) is 0.364. The molecule has 0 spiro atoms. The van der Waals surface area contributed by atoms with Crippen molar-refractivity contribution >= 4 is 11.7 Å². The molecular weight excluding hydrogens is 178 g/mol. The second-order valence-corrected chi connectivity index (χ2v) is 3.49. The molecule has 0 aliphatic rings. The van der Waals surface area contributed by atoms with Gasteiger partial charge in [-0.3, -0.25) is 0 Å². The van der Waals surface area contributed by atoms with Crippen molar-refractivity contribution in [2.45, 2.75) is 19.9 Å². The van der Waals surface area contributed by atoms with Gasteiger partial charge in [0, 0.05) is 0 Å². The number of carbonyl (C=O) groups is 1. The van der Waals surface area contributed by atoms with E-state index in [9.17, 15) is 4.79 Å². The molecule has 1 aromatic rings. The molecule has 0 aromatic heterocycles. The van der Waals surface area contributed by atoms with Crippen molar-refractivity contribution in [2.75, 3.05) is 7.11 Å². The molecule has 1 aromatic carbocycles. The number of carbonyl (C=O) groups excluding carboxylic acids is 1. The van der Waals surface area contributed by atoms with Crippen LogP contribution in [0.3, 0.4) is 0 Å². The van der Waals surface area contributed by atoms with Crippen LogP contribution in [0.4, 0.5) is 5.69 Å². The van der Waals surface area contributed by atoms with E-state index in [4.69, 9.17) is 4.74 Å². The molecule has 0 fully saturated rings. The van der Waals surface area contributed by atoms with E-state index in [0.29, 0.717) is 11.6 Å². The summed E-state index contributed by atoms with van der Waals surface area (Å²) in [4.78, 5) is 11.4. The van der Waals surface area contributed by atoms with Gasteiger partial charge in [0.05, 0.1) is 13.2 Å². The Kier molecular flexibility index (Phi) is 3.65. The Morgan fingerprint density at radius 3 is 2.57 bits per heavy atom. The second-order valence-electron chi connectivity index (χ2n) is 3.49. The average molecular weight is 194 g/mol. The smallest absolute Gasteiger partial charge is 0.343 e. The second kappa shape index (κ2) is 4.77. The number of hydrogen-bond donors (Lipinski definition) is 1. The van der Waals surface area contributed by atoms with Crippen LogP contribution in [0.5, 0.6) is 0 Å². The first-order valence-corrected chi connectivity index (χ1v) is 4.67. The molecule has 0 bridgehead atoms. The SMILES string of the molecule is COC(=O)c1ccccc1[NH2+]C(C)C. The third kappa shape index (κ3) is 2.57. The third-order valence-electron chi connectivity index (χ3n) is 1.88. The van der Waals surface area contributed by atoms with Gasteiger partial charge in [0.25, 0.3) is 0 Å². The summed E-state index contributed by atoms with van der Waals surface area (Å²) < 4.78 is 4.70. The van der Waals surface area contributed by atoms with Crippen LogP contribution in [0.25, 0.3) is 0 Å². The first-order chi connectivity index (χ1) is 6.65. The van der Waals surface area contributed by atoms with Crippen molar-refractivity contribution < 1.29 is 14.8 Å². The van der Waals surface area contributed by atoms with E-state index in [2.05, 4.69) is 13.8 Å². The van der Waals surface area contributed by atoms with E-state index >= 15 is 0 Å². The van der Waals surface area contributed by atoms with Crippen LogP contribution < -0.4 is 5.32 Å². The molecular formula is C11H16NO2+. The molecule has 0 aliphatic carbocycles. The van der Waals surface area contributed by atoms with Gasteiger partial charge in [-0.15, -0.1) is 0 Å². The molecule has 0 unspecified atom stereocenters. The lowest BCUT2D eigenvalue weighted by molar-refractivity contribution is -0.603. The van der Waals surface area contributed by atoms with E-state index in [0.717, 1.165) is 5.69 Å². The van der Waals surface area contributed by atoms with Crippen molar-refractivity contribution in [1.29, 1.82) is 0 Å². The Bertz CT molecular complexity index is 321. The highest BCUT2D eigenvalue weighted by molar-refractivity contribution is 5.93. The maximum Gasteiger partial charge on any atom is 0.343 e. The van der Waals surface area contributed by atoms with Crippen LogP contribution in [0.1, 0.15) is 24.2 Å². The molecule has 0 heterocycles. The number of quaternary nitrogens is 1. The van der Waals surface area contributed by atoms with Gasteiger partial charge >= 0.3 is 5.97 Å². The molecule has 0 radical (unpaired) electrons. The van der Waals surface area contributed by atoms with Crippen LogP contribution in [0.2, 0.25) is 0 Å². The maximum atomic E-state index is 11.4. The summed E-state index contributed by atoms with van der Waals surface area (Å²) in [5.74, 6) is -0.280. The minimum absolute atomic E-state index is 0.280. The number of rotatable bonds is 3. The van der Waals surface area contributed by atoms with E-state index in [1.165, 1.54) is 7.11 Å². The Morgan fingerprint density at radius 2 is 2.00 bits per heavy atom. The summed E-state index contributed by atoms with van der Waals surface area (Å²) in [7, 11) is 1.40. The molecule has 0 atom stereocenters. The van der Waals surface area contributed by atoms with Crippen molar-refractivity contribution in [3.63, 3.8) is 0 Å². The van der Waals surface area contributed by atoms with E-state index in [1.54, 1.807) is 6.07 Å². The summed E-state index contributed by atoms with van der Waals surface area (Å²) in [5.41, 5.74) is 1.57. The molecule has 3 nitrogen and oxygen atoms in total. The number of hydrogen-bond acceptors (Lipinski definition) is 2. The van der Waals surface area contributed by atoms with Crippen molar-refractivity contribution in [2.24, 2.45) is 0 Å². The Hall–Kier alpha value is -1.35. The van der Waals surface area contributed by atoms with Crippen LogP contribution >= 0.6 is 0 Å². The predicted octanol–water partition coefficient (Wildman–Crippen LogP) is 1.08. The van der Waals surface area contributed by atoms with Gasteiger partial charge in [-0.05, 0) is 26.0 Å². The normalized spacial score (nSPS) is 10.3. The van der Waals surface area contributed by atoms with Gasteiger partial charge in [0.2, 0.25) is 0 Å². The maximum absolute atomic E-state index is 11.4.